The molecule has 4 atom stereocenters. The SMILES string of the molecule is NC(CCC(COc1cc(Cl)ccc1Cl)c1ccccc1)OC(=O)C(=O)OC(N)CCC(COc1cc(Cl)ccc1Cl)c1ccccc1. The zero-order valence-corrected chi connectivity index (χ0v) is 28.9. The first-order valence-corrected chi connectivity index (χ1v) is 16.8. The van der Waals surface area contributed by atoms with E-state index in [1.165, 1.54) is 0 Å². The first-order chi connectivity index (χ1) is 23.1. The standard InChI is InChI=1S/C36H36Cl4N2O6/c37-27-13-15-29(39)31(19-27)45-21-25(23-7-3-1-4-8-23)11-17-33(41)47-35(43)36(44)48-34(42)18-12-26(24-9-5-2-6-10-24)22-46-32-20-28(38)14-16-30(32)40/h1-10,13-16,19-20,25-26,33-34H,11-12,17-18,21-22,41-42H2. The summed E-state index contributed by atoms with van der Waals surface area (Å²) in [5, 5.41) is 1.85. The van der Waals surface area contributed by atoms with Crippen LogP contribution >= 0.6 is 46.4 Å². The van der Waals surface area contributed by atoms with Crippen LogP contribution in [0.5, 0.6) is 11.5 Å². The van der Waals surface area contributed by atoms with E-state index < -0.39 is 24.4 Å². The highest BCUT2D eigenvalue weighted by atomic mass is 35.5. The van der Waals surface area contributed by atoms with Crippen LogP contribution in [0, 0.1) is 0 Å². The Bertz CT molecular complexity index is 1510. The largest absolute Gasteiger partial charge is 0.491 e. The summed E-state index contributed by atoms with van der Waals surface area (Å²) in [6, 6.07) is 29.3. The van der Waals surface area contributed by atoms with Crippen molar-refractivity contribution in [2.45, 2.75) is 50.0 Å². The van der Waals surface area contributed by atoms with E-state index in [-0.39, 0.29) is 37.9 Å². The maximum absolute atomic E-state index is 12.5. The van der Waals surface area contributed by atoms with E-state index in [0.29, 0.717) is 44.4 Å². The van der Waals surface area contributed by atoms with Gasteiger partial charge in [0, 0.05) is 34.0 Å². The van der Waals surface area contributed by atoms with Gasteiger partial charge in [-0.15, -0.1) is 0 Å². The molecule has 0 bridgehead atoms. The van der Waals surface area contributed by atoms with Crippen molar-refractivity contribution in [3.05, 3.63) is 128 Å². The summed E-state index contributed by atoms with van der Waals surface area (Å²) >= 11 is 24.7. The molecule has 0 saturated carbocycles. The first kappa shape index (κ1) is 37.3. The highest BCUT2D eigenvalue weighted by Gasteiger charge is 2.25. The molecule has 0 aliphatic carbocycles. The summed E-state index contributed by atoms with van der Waals surface area (Å²) in [5.74, 6) is -1.80. The molecule has 254 valence electrons. The van der Waals surface area contributed by atoms with Crippen LogP contribution in [0.2, 0.25) is 20.1 Å². The smallest absolute Gasteiger partial charge is 0.419 e. The van der Waals surface area contributed by atoms with Crippen LogP contribution in [0.4, 0.5) is 0 Å². The molecule has 48 heavy (non-hydrogen) atoms. The van der Waals surface area contributed by atoms with Crippen LogP contribution in [-0.2, 0) is 19.1 Å². The number of hydrogen-bond donors (Lipinski definition) is 2. The lowest BCUT2D eigenvalue weighted by molar-refractivity contribution is -0.174. The van der Waals surface area contributed by atoms with E-state index in [2.05, 4.69) is 0 Å². The number of hydrogen-bond acceptors (Lipinski definition) is 8. The fourth-order valence-electron chi connectivity index (χ4n) is 4.92. The summed E-state index contributed by atoms with van der Waals surface area (Å²) in [6.07, 6.45) is -0.692. The van der Waals surface area contributed by atoms with Crippen LogP contribution in [0.1, 0.15) is 48.6 Å². The molecular formula is C36H36Cl4N2O6. The topological polar surface area (TPSA) is 123 Å². The molecule has 8 nitrogen and oxygen atoms in total. The quantitative estimate of drug-likeness (QED) is 0.0668. The molecule has 0 spiro atoms. The van der Waals surface area contributed by atoms with Gasteiger partial charge in [0.05, 0.1) is 23.3 Å². The summed E-state index contributed by atoms with van der Waals surface area (Å²) in [6.45, 7) is 0.533. The molecule has 0 fully saturated rings. The third-order valence-electron chi connectivity index (χ3n) is 7.49. The fourth-order valence-corrected chi connectivity index (χ4v) is 5.59. The molecule has 0 aliphatic heterocycles. The lowest BCUT2D eigenvalue weighted by atomic mass is 9.94. The zero-order chi connectivity index (χ0) is 34.5. The van der Waals surface area contributed by atoms with Crippen molar-refractivity contribution in [3.63, 3.8) is 0 Å². The molecule has 0 saturated heterocycles. The van der Waals surface area contributed by atoms with Crippen molar-refractivity contribution in [1.29, 1.82) is 0 Å². The molecule has 0 heterocycles. The van der Waals surface area contributed by atoms with E-state index in [9.17, 15) is 9.59 Å². The van der Waals surface area contributed by atoms with Gasteiger partial charge in [-0.25, -0.2) is 9.59 Å². The molecule has 4 rings (SSSR count). The average Bonchev–Trinajstić information content (AvgIpc) is 3.08. The summed E-state index contributed by atoms with van der Waals surface area (Å²) in [5.41, 5.74) is 14.2. The number of nitrogens with two attached hydrogens (primary N) is 2. The Morgan fingerprint density at radius 3 is 1.29 bits per heavy atom. The van der Waals surface area contributed by atoms with E-state index in [1.54, 1.807) is 36.4 Å². The van der Waals surface area contributed by atoms with Gasteiger partial charge in [-0.2, -0.15) is 0 Å². The number of carbonyl (C=O) groups is 2. The van der Waals surface area contributed by atoms with Crippen LogP contribution in [0.15, 0.2) is 97.1 Å². The van der Waals surface area contributed by atoms with E-state index >= 15 is 0 Å². The minimum Gasteiger partial charge on any atom is -0.491 e. The lowest BCUT2D eigenvalue weighted by Gasteiger charge is -2.22. The highest BCUT2D eigenvalue weighted by molar-refractivity contribution is 6.34. The normalized spacial score (nSPS) is 13.5. The second-order valence-electron chi connectivity index (χ2n) is 11.0. The summed E-state index contributed by atoms with van der Waals surface area (Å²) < 4.78 is 22.3. The number of carbonyl (C=O) groups excluding carboxylic acids is 2. The molecule has 0 amide bonds. The van der Waals surface area contributed by atoms with E-state index in [0.717, 1.165) is 11.1 Å². The molecule has 4 N–H and O–H groups in total. The van der Waals surface area contributed by atoms with Crippen molar-refractivity contribution in [2.24, 2.45) is 11.5 Å². The number of rotatable bonds is 16. The van der Waals surface area contributed by atoms with Crippen molar-refractivity contribution in [1.82, 2.24) is 0 Å². The van der Waals surface area contributed by atoms with Gasteiger partial charge in [0.2, 0.25) is 0 Å². The van der Waals surface area contributed by atoms with Crippen molar-refractivity contribution < 1.29 is 28.5 Å². The summed E-state index contributed by atoms with van der Waals surface area (Å²) in [4.78, 5) is 25.1. The van der Waals surface area contributed by atoms with Gasteiger partial charge in [0.15, 0.2) is 12.5 Å². The Hall–Kier alpha value is -3.50. The van der Waals surface area contributed by atoms with Crippen LogP contribution in [-0.4, -0.2) is 37.6 Å². The van der Waals surface area contributed by atoms with Gasteiger partial charge >= 0.3 is 11.9 Å². The van der Waals surface area contributed by atoms with Crippen molar-refractivity contribution >= 4 is 58.3 Å². The number of halogens is 4. The molecule has 0 aliphatic rings. The minimum absolute atomic E-state index is 0.122. The van der Waals surface area contributed by atoms with Crippen LogP contribution < -0.4 is 20.9 Å². The average molecular weight is 735 g/mol. The maximum Gasteiger partial charge on any atom is 0.419 e. The Labute approximate surface area is 300 Å². The Morgan fingerprint density at radius 1 is 0.542 bits per heavy atom. The molecule has 12 heteroatoms. The molecule has 0 aromatic heterocycles. The predicted molar refractivity (Wildman–Crippen MR) is 189 cm³/mol. The van der Waals surface area contributed by atoms with Gasteiger partial charge in [-0.1, -0.05) is 107 Å². The number of benzene rings is 4. The molecular weight excluding hydrogens is 698 g/mol. The molecule has 0 radical (unpaired) electrons. The predicted octanol–water partition coefficient (Wildman–Crippen LogP) is 8.54. The zero-order valence-electron chi connectivity index (χ0n) is 25.9. The summed E-state index contributed by atoms with van der Waals surface area (Å²) in [7, 11) is 0. The Morgan fingerprint density at radius 2 is 0.917 bits per heavy atom. The maximum atomic E-state index is 12.5. The van der Waals surface area contributed by atoms with Gasteiger partial charge in [-0.05, 0) is 61.1 Å². The van der Waals surface area contributed by atoms with Gasteiger partial charge in [-0.3, -0.25) is 11.5 Å². The van der Waals surface area contributed by atoms with Gasteiger partial charge < -0.3 is 18.9 Å². The monoisotopic (exact) mass is 732 g/mol. The number of esters is 2. The van der Waals surface area contributed by atoms with E-state index in [1.807, 2.05) is 60.7 Å². The number of ether oxygens (including phenoxy) is 4. The van der Waals surface area contributed by atoms with E-state index in [4.69, 9.17) is 76.8 Å². The first-order valence-electron chi connectivity index (χ1n) is 15.3. The van der Waals surface area contributed by atoms with Gasteiger partial charge in [0.25, 0.3) is 0 Å². The van der Waals surface area contributed by atoms with Gasteiger partial charge in [0.1, 0.15) is 11.5 Å². The fraction of sp³-hybridized carbons (Fsp3) is 0.278. The lowest BCUT2D eigenvalue weighted by Crippen LogP contribution is -2.36. The van der Waals surface area contributed by atoms with Crippen LogP contribution in [0.25, 0.3) is 0 Å². The molecule has 4 aromatic carbocycles. The highest BCUT2D eigenvalue weighted by Crippen LogP contribution is 2.32. The van der Waals surface area contributed by atoms with Crippen molar-refractivity contribution in [3.8, 4) is 11.5 Å². The second kappa shape index (κ2) is 18.9. The molecule has 4 aromatic rings. The Kier molecular flexibility index (Phi) is 14.7. The minimum atomic E-state index is -1.23. The van der Waals surface area contributed by atoms with Crippen molar-refractivity contribution in [2.75, 3.05) is 13.2 Å². The third kappa shape index (κ3) is 11.9. The third-order valence-corrected chi connectivity index (χ3v) is 8.59. The molecule has 4 unspecified atom stereocenters. The second-order valence-corrected chi connectivity index (χ2v) is 12.7. The van der Waals surface area contributed by atoms with Crippen LogP contribution in [0.3, 0.4) is 0 Å². The Balaban J connectivity index is 1.26.